The van der Waals surface area contributed by atoms with Crippen molar-refractivity contribution in [1.82, 2.24) is 9.97 Å². The fraction of sp³-hybridized carbons (Fsp3) is 0.0357. The summed E-state index contributed by atoms with van der Waals surface area (Å²) in [5.41, 5.74) is 7.07. The van der Waals surface area contributed by atoms with Crippen molar-refractivity contribution in [1.29, 1.82) is 0 Å². The van der Waals surface area contributed by atoms with E-state index in [2.05, 4.69) is 103 Å². The molecule has 0 bridgehead atoms. The van der Waals surface area contributed by atoms with Crippen molar-refractivity contribution in [2.24, 2.45) is 0 Å². The Hall–Kier alpha value is -3.91. The maximum Gasteiger partial charge on any atom is 0.0792 e. The van der Waals surface area contributed by atoms with E-state index < -0.39 is 0 Å². The van der Waals surface area contributed by atoms with Gasteiger partial charge in [-0.25, -0.2) is 0 Å². The lowest BCUT2D eigenvalue weighted by molar-refractivity contribution is 1.36. The monoisotopic (exact) mass is 384 g/mol. The predicted molar refractivity (Wildman–Crippen MR) is 127 cm³/mol. The summed E-state index contributed by atoms with van der Waals surface area (Å²) < 4.78 is 0. The van der Waals surface area contributed by atoms with E-state index in [0.29, 0.717) is 0 Å². The van der Waals surface area contributed by atoms with Gasteiger partial charge in [-0.1, -0.05) is 72.8 Å². The second-order valence-electron chi connectivity index (χ2n) is 7.79. The van der Waals surface area contributed by atoms with Gasteiger partial charge in [0, 0.05) is 39.8 Å². The number of H-pyrrole nitrogens is 1. The van der Waals surface area contributed by atoms with Crippen LogP contribution in [-0.4, -0.2) is 9.97 Å². The number of nitrogens with zero attached hydrogens (tertiary/aromatic N) is 1. The SMILES string of the molecule is Cc1cc(-c2c[nH]c3ccccc23)c(-c2nccc3ccccc23)c2ccccc12. The van der Waals surface area contributed by atoms with Gasteiger partial charge in [-0.3, -0.25) is 4.98 Å². The van der Waals surface area contributed by atoms with Crippen LogP contribution in [0.5, 0.6) is 0 Å². The van der Waals surface area contributed by atoms with Crippen molar-refractivity contribution in [2.75, 3.05) is 0 Å². The number of hydrogen-bond acceptors (Lipinski definition) is 1. The molecule has 4 aromatic carbocycles. The third-order valence-corrected chi connectivity index (χ3v) is 6.04. The van der Waals surface area contributed by atoms with Gasteiger partial charge in [0.25, 0.3) is 0 Å². The largest absolute Gasteiger partial charge is 0.361 e. The summed E-state index contributed by atoms with van der Waals surface area (Å²) in [7, 11) is 0. The van der Waals surface area contributed by atoms with E-state index in [4.69, 9.17) is 4.98 Å². The molecule has 30 heavy (non-hydrogen) atoms. The van der Waals surface area contributed by atoms with Gasteiger partial charge in [0.1, 0.15) is 0 Å². The summed E-state index contributed by atoms with van der Waals surface area (Å²) in [6.45, 7) is 2.20. The number of rotatable bonds is 2. The Balaban J connectivity index is 1.81. The Bertz CT molecular complexity index is 1550. The van der Waals surface area contributed by atoms with Crippen molar-refractivity contribution >= 4 is 32.4 Å². The maximum absolute atomic E-state index is 4.90. The van der Waals surface area contributed by atoms with E-state index in [9.17, 15) is 0 Å². The van der Waals surface area contributed by atoms with Crippen molar-refractivity contribution in [3.8, 4) is 22.4 Å². The molecular formula is C28H20N2. The molecule has 1 N–H and O–H groups in total. The lowest BCUT2D eigenvalue weighted by Crippen LogP contribution is -1.93. The zero-order valence-corrected chi connectivity index (χ0v) is 16.7. The number of hydrogen-bond donors (Lipinski definition) is 1. The van der Waals surface area contributed by atoms with Gasteiger partial charge in [0.15, 0.2) is 0 Å². The number of fused-ring (bicyclic) bond motifs is 3. The summed E-state index contributed by atoms with van der Waals surface area (Å²) in [6.07, 6.45) is 4.05. The summed E-state index contributed by atoms with van der Waals surface area (Å²) >= 11 is 0. The fourth-order valence-electron chi connectivity index (χ4n) is 4.64. The van der Waals surface area contributed by atoms with E-state index >= 15 is 0 Å². The van der Waals surface area contributed by atoms with Crippen LogP contribution in [0, 0.1) is 6.92 Å². The average Bonchev–Trinajstić information content (AvgIpc) is 3.23. The summed E-state index contributed by atoms with van der Waals surface area (Å²) in [6, 6.07) is 30.0. The highest BCUT2D eigenvalue weighted by Crippen LogP contribution is 2.43. The molecule has 0 atom stereocenters. The van der Waals surface area contributed by atoms with Gasteiger partial charge in [0.05, 0.1) is 5.69 Å². The summed E-state index contributed by atoms with van der Waals surface area (Å²) in [5.74, 6) is 0. The van der Waals surface area contributed by atoms with Gasteiger partial charge in [-0.05, 0) is 46.3 Å². The third kappa shape index (κ3) is 2.47. The molecule has 0 saturated carbocycles. The standard InChI is InChI=1S/C28H20N2/c1-18-16-24(25-17-30-26-13-7-6-11-22(25)26)27(23-12-5-4-9-20(18)23)28-21-10-3-2-8-19(21)14-15-29-28/h2-17,30H,1H3. The second kappa shape index (κ2) is 6.57. The average molecular weight is 384 g/mol. The fourth-order valence-corrected chi connectivity index (χ4v) is 4.64. The second-order valence-corrected chi connectivity index (χ2v) is 7.79. The molecule has 2 nitrogen and oxygen atoms in total. The Labute approximate surface area is 174 Å². The Morgan fingerprint density at radius 2 is 1.37 bits per heavy atom. The van der Waals surface area contributed by atoms with E-state index in [-0.39, 0.29) is 0 Å². The first-order valence-corrected chi connectivity index (χ1v) is 10.2. The molecule has 0 unspecified atom stereocenters. The van der Waals surface area contributed by atoms with E-state index in [0.717, 1.165) is 11.2 Å². The molecule has 0 aliphatic rings. The highest BCUT2D eigenvalue weighted by Gasteiger charge is 2.18. The van der Waals surface area contributed by atoms with E-state index in [1.807, 2.05) is 6.20 Å². The van der Waals surface area contributed by atoms with Crippen LogP contribution in [0.15, 0.2) is 97.3 Å². The van der Waals surface area contributed by atoms with Crippen LogP contribution >= 0.6 is 0 Å². The highest BCUT2D eigenvalue weighted by atomic mass is 14.7. The predicted octanol–water partition coefficient (Wildman–Crippen LogP) is 7.51. The zero-order valence-electron chi connectivity index (χ0n) is 16.7. The lowest BCUT2D eigenvalue weighted by Gasteiger charge is -2.16. The number of pyridine rings is 1. The quantitative estimate of drug-likeness (QED) is 0.329. The van der Waals surface area contributed by atoms with Gasteiger partial charge in [-0.15, -0.1) is 0 Å². The maximum atomic E-state index is 4.90. The smallest absolute Gasteiger partial charge is 0.0792 e. The minimum atomic E-state index is 1.03. The van der Waals surface area contributed by atoms with Crippen molar-refractivity contribution in [3.63, 3.8) is 0 Å². The molecule has 6 rings (SSSR count). The first kappa shape index (κ1) is 17.0. The van der Waals surface area contributed by atoms with Crippen molar-refractivity contribution in [3.05, 3.63) is 103 Å². The third-order valence-electron chi connectivity index (χ3n) is 6.04. The normalized spacial score (nSPS) is 11.5. The molecule has 0 fully saturated rings. The minimum absolute atomic E-state index is 1.03. The van der Waals surface area contributed by atoms with Crippen molar-refractivity contribution < 1.29 is 0 Å². The topological polar surface area (TPSA) is 28.7 Å². The first-order chi connectivity index (χ1) is 14.8. The number of aromatic amines is 1. The lowest BCUT2D eigenvalue weighted by atomic mass is 9.88. The molecule has 2 heteroatoms. The zero-order chi connectivity index (χ0) is 20.1. The Morgan fingerprint density at radius 1 is 0.667 bits per heavy atom. The van der Waals surface area contributed by atoms with Crippen LogP contribution in [0.4, 0.5) is 0 Å². The van der Waals surface area contributed by atoms with Crippen LogP contribution < -0.4 is 0 Å². The number of para-hydroxylation sites is 1. The summed E-state index contributed by atoms with van der Waals surface area (Å²) in [5, 5.41) is 6.12. The molecular weight excluding hydrogens is 364 g/mol. The molecule has 0 amide bonds. The molecule has 2 aromatic heterocycles. The van der Waals surface area contributed by atoms with Crippen LogP contribution in [0.3, 0.4) is 0 Å². The highest BCUT2D eigenvalue weighted by molar-refractivity contribution is 6.12. The van der Waals surface area contributed by atoms with Crippen LogP contribution in [-0.2, 0) is 0 Å². The van der Waals surface area contributed by atoms with Gasteiger partial charge < -0.3 is 4.98 Å². The molecule has 0 aliphatic carbocycles. The van der Waals surface area contributed by atoms with E-state index in [1.165, 1.54) is 49.2 Å². The number of nitrogens with one attached hydrogen (secondary N) is 1. The van der Waals surface area contributed by atoms with Crippen LogP contribution in [0.1, 0.15) is 5.56 Å². The van der Waals surface area contributed by atoms with Crippen molar-refractivity contribution in [2.45, 2.75) is 6.92 Å². The van der Waals surface area contributed by atoms with Gasteiger partial charge >= 0.3 is 0 Å². The molecule has 0 aliphatic heterocycles. The first-order valence-electron chi connectivity index (χ1n) is 10.2. The minimum Gasteiger partial charge on any atom is -0.361 e. The summed E-state index contributed by atoms with van der Waals surface area (Å²) in [4.78, 5) is 8.35. The molecule has 0 radical (unpaired) electrons. The molecule has 0 saturated heterocycles. The molecule has 2 heterocycles. The van der Waals surface area contributed by atoms with E-state index in [1.54, 1.807) is 0 Å². The number of aromatic nitrogens is 2. The van der Waals surface area contributed by atoms with Crippen LogP contribution in [0.25, 0.3) is 54.8 Å². The Morgan fingerprint density at radius 3 is 2.23 bits per heavy atom. The molecule has 142 valence electrons. The van der Waals surface area contributed by atoms with Gasteiger partial charge in [-0.2, -0.15) is 0 Å². The van der Waals surface area contributed by atoms with Gasteiger partial charge in [0.2, 0.25) is 0 Å². The number of benzene rings is 4. The molecule has 0 spiro atoms. The molecule has 6 aromatic rings. The Kier molecular flexibility index (Phi) is 3.72. The van der Waals surface area contributed by atoms with Crippen LogP contribution in [0.2, 0.25) is 0 Å². The number of aryl methyl sites for hydroxylation is 1.